The van der Waals surface area contributed by atoms with Crippen molar-refractivity contribution < 1.29 is 9.59 Å². The molecule has 0 aliphatic carbocycles. The third-order valence-corrected chi connectivity index (χ3v) is 3.13. The van der Waals surface area contributed by atoms with E-state index in [-0.39, 0.29) is 11.7 Å². The standard InChI is InChI=1S/C12H13BrN2O2/c1-8(16)4-5-15-7-12(17)14-10-6-9(13)2-3-11(10)15/h2-3,6H,4-5,7H2,1H3,(H,14,17). The van der Waals surface area contributed by atoms with Crippen LogP contribution in [-0.2, 0) is 9.59 Å². The van der Waals surface area contributed by atoms with Gasteiger partial charge in [-0.3, -0.25) is 9.59 Å². The van der Waals surface area contributed by atoms with Gasteiger partial charge in [0.1, 0.15) is 5.78 Å². The largest absolute Gasteiger partial charge is 0.360 e. The van der Waals surface area contributed by atoms with Crippen LogP contribution in [0.5, 0.6) is 0 Å². The van der Waals surface area contributed by atoms with Crippen molar-refractivity contribution >= 4 is 39.0 Å². The molecule has 1 amide bonds. The minimum Gasteiger partial charge on any atom is -0.360 e. The molecule has 0 saturated carbocycles. The Hall–Kier alpha value is -1.36. The minimum absolute atomic E-state index is 0.0425. The molecule has 17 heavy (non-hydrogen) atoms. The van der Waals surface area contributed by atoms with Crippen molar-refractivity contribution in [2.45, 2.75) is 13.3 Å². The lowest BCUT2D eigenvalue weighted by molar-refractivity contribution is -0.117. The highest BCUT2D eigenvalue weighted by molar-refractivity contribution is 9.10. The molecule has 0 bridgehead atoms. The summed E-state index contributed by atoms with van der Waals surface area (Å²) in [5, 5.41) is 2.82. The molecule has 0 spiro atoms. The molecular formula is C12H13BrN2O2. The number of Topliss-reactive ketones (excluding diaryl/α,β-unsaturated/α-hetero) is 1. The summed E-state index contributed by atoms with van der Waals surface area (Å²) in [6, 6.07) is 5.74. The van der Waals surface area contributed by atoms with E-state index in [1.54, 1.807) is 6.92 Å². The van der Waals surface area contributed by atoms with E-state index in [0.29, 0.717) is 19.5 Å². The third kappa shape index (κ3) is 2.85. The monoisotopic (exact) mass is 296 g/mol. The molecule has 0 aromatic heterocycles. The van der Waals surface area contributed by atoms with Gasteiger partial charge >= 0.3 is 0 Å². The first-order valence-corrected chi connectivity index (χ1v) is 6.19. The number of amides is 1. The fourth-order valence-corrected chi connectivity index (χ4v) is 2.19. The van der Waals surface area contributed by atoms with E-state index in [4.69, 9.17) is 0 Å². The third-order valence-electron chi connectivity index (χ3n) is 2.64. The van der Waals surface area contributed by atoms with Gasteiger partial charge in [0.05, 0.1) is 17.9 Å². The summed E-state index contributed by atoms with van der Waals surface area (Å²) in [4.78, 5) is 24.5. The van der Waals surface area contributed by atoms with Crippen LogP contribution in [0.2, 0.25) is 0 Å². The van der Waals surface area contributed by atoms with E-state index in [2.05, 4.69) is 21.2 Å². The Balaban J connectivity index is 2.24. The van der Waals surface area contributed by atoms with Crippen LogP contribution in [0.1, 0.15) is 13.3 Å². The van der Waals surface area contributed by atoms with Gasteiger partial charge in [-0.15, -0.1) is 0 Å². The van der Waals surface area contributed by atoms with Crippen molar-refractivity contribution in [2.75, 3.05) is 23.3 Å². The number of anilines is 2. The predicted molar refractivity (Wildman–Crippen MR) is 70.3 cm³/mol. The fraction of sp³-hybridized carbons (Fsp3) is 0.333. The molecule has 2 rings (SSSR count). The van der Waals surface area contributed by atoms with Gasteiger partial charge in [0, 0.05) is 17.4 Å². The number of nitrogens with one attached hydrogen (secondary N) is 1. The van der Waals surface area contributed by atoms with Crippen molar-refractivity contribution in [3.63, 3.8) is 0 Å². The molecule has 1 aliphatic rings. The summed E-state index contributed by atoms with van der Waals surface area (Å²) in [6.45, 7) is 2.45. The van der Waals surface area contributed by atoms with E-state index in [0.717, 1.165) is 15.8 Å². The van der Waals surface area contributed by atoms with Crippen LogP contribution in [0.15, 0.2) is 22.7 Å². The minimum atomic E-state index is -0.0425. The summed E-state index contributed by atoms with van der Waals surface area (Å²) in [5.41, 5.74) is 1.76. The first kappa shape index (κ1) is 12.1. The molecule has 1 heterocycles. The average Bonchev–Trinajstić information content (AvgIpc) is 2.24. The van der Waals surface area contributed by atoms with Gasteiger partial charge in [0.15, 0.2) is 0 Å². The van der Waals surface area contributed by atoms with Crippen LogP contribution in [-0.4, -0.2) is 24.8 Å². The van der Waals surface area contributed by atoms with Gasteiger partial charge in [-0.05, 0) is 25.1 Å². The average molecular weight is 297 g/mol. The molecule has 0 unspecified atom stereocenters. The van der Waals surface area contributed by atoms with Crippen LogP contribution < -0.4 is 10.2 Å². The summed E-state index contributed by atoms with van der Waals surface area (Å²) >= 11 is 3.37. The highest BCUT2D eigenvalue weighted by Crippen LogP contribution is 2.32. The maximum atomic E-state index is 11.5. The summed E-state index contributed by atoms with van der Waals surface area (Å²) in [7, 11) is 0. The van der Waals surface area contributed by atoms with E-state index in [9.17, 15) is 9.59 Å². The molecular weight excluding hydrogens is 284 g/mol. The number of benzene rings is 1. The SMILES string of the molecule is CC(=O)CCN1CC(=O)Nc2cc(Br)ccc21. The number of carbonyl (C=O) groups excluding carboxylic acids is 2. The number of hydrogen-bond donors (Lipinski definition) is 1. The molecule has 0 atom stereocenters. The number of hydrogen-bond acceptors (Lipinski definition) is 3. The number of rotatable bonds is 3. The molecule has 1 aromatic carbocycles. The normalized spacial score (nSPS) is 14.2. The van der Waals surface area contributed by atoms with Crippen molar-refractivity contribution in [2.24, 2.45) is 0 Å². The lowest BCUT2D eigenvalue weighted by atomic mass is 10.1. The van der Waals surface area contributed by atoms with E-state index < -0.39 is 0 Å². The Morgan fingerprint density at radius 2 is 2.29 bits per heavy atom. The number of nitrogens with zero attached hydrogens (tertiary/aromatic N) is 1. The Bertz CT molecular complexity index is 474. The Morgan fingerprint density at radius 3 is 3.00 bits per heavy atom. The van der Waals surface area contributed by atoms with E-state index in [1.165, 1.54) is 0 Å². The van der Waals surface area contributed by atoms with Gasteiger partial charge in [-0.25, -0.2) is 0 Å². The molecule has 0 radical (unpaired) electrons. The van der Waals surface area contributed by atoms with E-state index >= 15 is 0 Å². The highest BCUT2D eigenvalue weighted by Gasteiger charge is 2.21. The molecule has 90 valence electrons. The molecule has 5 heteroatoms. The molecule has 0 saturated heterocycles. The highest BCUT2D eigenvalue weighted by atomic mass is 79.9. The second-order valence-electron chi connectivity index (χ2n) is 4.08. The lowest BCUT2D eigenvalue weighted by Crippen LogP contribution is -2.39. The van der Waals surface area contributed by atoms with Gasteiger partial charge in [-0.1, -0.05) is 15.9 Å². The van der Waals surface area contributed by atoms with Crippen molar-refractivity contribution in [1.82, 2.24) is 0 Å². The first-order chi connectivity index (χ1) is 8.06. The zero-order valence-corrected chi connectivity index (χ0v) is 11.1. The fourth-order valence-electron chi connectivity index (χ4n) is 1.82. The van der Waals surface area contributed by atoms with Crippen LogP contribution in [0, 0.1) is 0 Å². The van der Waals surface area contributed by atoms with Crippen LogP contribution in [0.4, 0.5) is 11.4 Å². The maximum Gasteiger partial charge on any atom is 0.243 e. The van der Waals surface area contributed by atoms with Gasteiger partial charge in [-0.2, -0.15) is 0 Å². The van der Waals surface area contributed by atoms with Gasteiger partial charge in [0.25, 0.3) is 0 Å². The van der Waals surface area contributed by atoms with Crippen molar-refractivity contribution in [3.8, 4) is 0 Å². The summed E-state index contributed by atoms with van der Waals surface area (Å²) < 4.78 is 0.921. The second kappa shape index (κ2) is 4.87. The van der Waals surface area contributed by atoms with Crippen LogP contribution in [0.3, 0.4) is 0 Å². The topological polar surface area (TPSA) is 49.4 Å². The zero-order chi connectivity index (χ0) is 12.4. The number of halogens is 1. The predicted octanol–water partition coefficient (Wildman–Crippen LogP) is 2.19. The summed E-state index contributed by atoms with van der Waals surface area (Å²) in [6.07, 6.45) is 0.461. The quantitative estimate of drug-likeness (QED) is 0.930. The number of carbonyl (C=O) groups is 2. The smallest absolute Gasteiger partial charge is 0.243 e. The van der Waals surface area contributed by atoms with Gasteiger partial charge < -0.3 is 10.2 Å². The van der Waals surface area contributed by atoms with E-state index in [1.807, 2.05) is 23.1 Å². The molecule has 1 N–H and O–H groups in total. The Morgan fingerprint density at radius 1 is 1.53 bits per heavy atom. The Labute approximate surface area is 108 Å². The molecule has 4 nitrogen and oxygen atoms in total. The molecule has 1 aromatic rings. The number of fused-ring (bicyclic) bond motifs is 1. The second-order valence-corrected chi connectivity index (χ2v) is 5.00. The summed E-state index contributed by atoms with van der Waals surface area (Å²) in [5.74, 6) is 0.0915. The van der Waals surface area contributed by atoms with Crippen molar-refractivity contribution in [1.29, 1.82) is 0 Å². The van der Waals surface area contributed by atoms with Crippen molar-refractivity contribution in [3.05, 3.63) is 22.7 Å². The molecule has 1 aliphatic heterocycles. The van der Waals surface area contributed by atoms with Crippen LogP contribution in [0.25, 0.3) is 0 Å². The number of ketones is 1. The zero-order valence-electron chi connectivity index (χ0n) is 9.50. The maximum absolute atomic E-state index is 11.5. The lowest BCUT2D eigenvalue weighted by Gasteiger charge is -2.30. The molecule has 0 fully saturated rings. The van der Waals surface area contributed by atoms with Gasteiger partial charge in [0.2, 0.25) is 5.91 Å². The Kier molecular flexibility index (Phi) is 3.47. The van der Waals surface area contributed by atoms with Crippen LogP contribution >= 0.6 is 15.9 Å². The first-order valence-electron chi connectivity index (χ1n) is 5.40.